The average molecular weight is 520 g/mol. The van der Waals surface area contributed by atoms with Crippen LogP contribution in [0.1, 0.15) is 16.6 Å². The molecule has 0 bridgehead atoms. The lowest BCUT2D eigenvalue weighted by Crippen LogP contribution is -2.25. The largest absolute Gasteiger partial charge is 0.494 e. The second-order valence-corrected chi connectivity index (χ2v) is 8.56. The van der Waals surface area contributed by atoms with Crippen LogP contribution in [0.15, 0.2) is 29.3 Å². The number of nitrogens with zero attached hydrogens (tertiary/aromatic N) is 4. The molecule has 13 heteroatoms. The number of methoxy groups -OCH3 is 2. The first-order valence-corrected chi connectivity index (χ1v) is 11.6. The summed E-state index contributed by atoms with van der Waals surface area (Å²) in [6.45, 7) is 2.39. The number of imidazole rings is 1. The smallest absolute Gasteiger partial charge is 0.351 e. The lowest BCUT2D eigenvalue weighted by molar-refractivity contribution is 0.0602. The van der Waals surface area contributed by atoms with Crippen LogP contribution in [0.2, 0.25) is 0 Å². The molecule has 0 unspecified atom stereocenters. The summed E-state index contributed by atoms with van der Waals surface area (Å²) in [5.41, 5.74) is 0.000905. The third kappa shape index (κ3) is 4.49. The van der Waals surface area contributed by atoms with Crippen molar-refractivity contribution in [3.63, 3.8) is 0 Å². The van der Waals surface area contributed by atoms with Gasteiger partial charge in [0, 0.05) is 38.3 Å². The van der Waals surface area contributed by atoms with Crippen molar-refractivity contribution in [2.75, 3.05) is 32.7 Å². The highest BCUT2D eigenvalue weighted by molar-refractivity contribution is 7.17. The van der Waals surface area contributed by atoms with Gasteiger partial charge in [-0.05, 0) is 6.92 Å². The molecule has 36 heavy (non-hydrogen) atoms. The molecule has 4 aromatic rings. The third-order valence-corrected chi connectivity index (χ3v) is 6.52. The predicted octanol–water partition coefficient (Wildman–Crippen LogP) is 3.44. The number of fused-ring (bicyclic) bond motifs is 1. The van der Waals surface area contributed by atoms with E-state index in [1.807, 2.05) is 6.92 Å². The SMILES string of the molecule is CCOc1cc(-c2cc(NCCn3c(=O)n(C)c4c(OC)cc(F)c(F)c43)ncn2)sc1C(=O)OC. The highest BCUT2D eigenvalue weighted by Gasteiger charge is 2.22. The van der Waals surface area contributed by atoms with E-state index in [4.69, 9.17) is 14.2 Å². The Kier molecular flexibility index (Phi) is 7.20. The zero-order chi connectivity index (χ0) is 26.0. The fourth-order valence-corrected chi connectivity index (χ4v) is 4.76. The van der Waals surface area contributed by atoms with Gasteiger partial charge in [0.1, 0.15) is 34.7 Å². The maximum Gasteiger partial charge on any atom is 0.351 e. The number of carbonyl (C=O) groups is 1. The van der Waals surface area contributed by atoms with E-state index in [-0.39, 0.29) is 29.9 Å². The van der Waals surface area contributed by atoms with Gasteiger partial charge in [-0.25, -0.2) is 28.3 Å². The number of thiophene rings is 1. The molecule has 0 saturated carbocycles. The van der Waals surface area contributed by atoms with E-state index in [2.05, 4.69) is 15.3 Å². The maximum absolute atomic E-state index is 14.6. The zero-order valence-corrected chi connectivity index (χ0v) is 20.7. The summed E-state index contributed by atoms with van der Waals surface area (Å²) in [5, 5.41) is 3.06. The number of aromatic nitrogens is 4. The Hall–Kier alpha value is -4.00. The Bertz CT molecular complexity index is 1500. The van der Waals surface area contributed by atoms with Gasteiger partial charge in [0.2, 0.25) is 0 Å². The quantitative estimate of drug-likeness (QED) is 0.335. The van der Waals surface area contributed by atoms with Gasteiger partial charge < -0.3 is 19.5 Å². The number of carbonyl (C=O) groups excluding carboxylic acids is 1. The van der Waals surface area contributed by atoms with Gasteiger partial charge in [-0.2, -0.15) is 0 Å². The topological polar surface area (TPSA) is 110 Å². The third-order valence-electron chi connectivity index (χ3n) is 5.41. The van der Waals surface area contributed by atoms with Crippen molar-refractivity contribution in [2.24, 2.45) is 7.05 Å². The molecule has 190 valence electrons. The molecular formula is C23H23F2N5O5S. The van der Waals surface area contributed by atoms with Gasteiger partial charge in [-0.3, -0.25) is 9.13 Å². The maximum atomic E-state index is 14.6. The van der Waals surface area contributed by atoms with Crippen molar-refractivity contribution >= 4 is 34.2 Å². The van der Waals surface area contributed by atoms with Crippen molar-refractivity contribution in [1.82, 2.24) is 19.1 Å². The van der Waals surface area contributed by atoms with Crippen LogP contribution < -0.4 is 20.5 Å². The van der Waals surface area contributed by atoms with E-state index in [0.29, 0.717) is 33.6 Å². The molecule has 1 N–H and O–H groups in total. The van der Waals surface area contributed by atoms with Crippen LogP contribution in [-0.4, -0.2) is 52.4 Å². The molecule has 0 fully saturated rings. The number of esters is 1. The minimum Gasteiger partial charge on any atom is -0.494 e. The van der Waals surface area contributed by atoms with E-state index in [9.17, 15) is 18.4 Å². The highest BCUT2D eigenvalue weighted by atomic mass is 32.1. The monoisotopic (exact) mass is 519 g/mol. The number of nitrogens with one attached hydrogen (secondary N) is 1. The number of benzene rings is 1. The molecule has 0 aliphatic rings. The molecule has 0 aliphatic carbocycles. The van der Waals surface area contributed by atoms with Gasteiger partial charge >= 0.3 is 11.7 Å². The standard InChI is InChI=1S/C23H23F2N5O5S/c1-5-35-15-10-16(36-21(15)22(31)34-4)13-9-17(28-11-27-13)26-6-7-30-20-18(25)12(24)8-14(33-3)19(20)29(2)23(30)32/h8-11H,5-7H2,1-4H3,(H,26,27,28). The van der Waals surface area contributed by atoms with E-state index in [1.165, 1.54) is 43.5 Å². The first-order chi connectivity index (χ1) is 17.3. The fourth-order valence-electron chi connectivity index (χ4n) is 3.77. The average Bonchev–Trinajstić information content (AvgIpc) is 3.41. The molecule has 0 saturated heterocycles. The summed E-state index contributed by atoms with van der Waals surface area (Å²) < 4.78 is 46.6. The lowest BCUT2D eigenvalue weighted by Gasteiger charge is -2.09. The van der Waals surface area contributed by atoms with Crippen LogP contribution in [0.25, 0.3) is 21.6 Å². The van der Waals surface area contributed by atoms with Crippen LogP contribution in [-0.2, 0) is 18.3 Å². The van der Waals surface area contributed by atoms with Crippen molar-refractivity contribution in [2.45, 2.75) is 13.5 Å². The summed E-state index contributed by atoms with van der Waals surface area (Å²) in [4.78, 5) is 34.3. The Balaban J connectivity index is 1.58. The van der Waals surface area contributed by atoms with Crippen molar-refractivity contribution in [3.8, 4) is 22.1 Å². The molecule has 3 heterocycles. The molecule has 1 aromatic carbocycles. The zero-order valence-electron chi connectivity index (χ0n) is 19.9. The summed E-state index contributed by atoms with van der Waals surface area (Å²) in [5.74, 6) is -1.86. The molecule has 0 atom stereocenters. The molecule has 0 spiro atoms. The van der Waals surface area contributed by atoms with Gasteiger partial charge in [0.05, 0.1) is 31.4 Å². The summed E-state index contributed by atoms with van der Waals surface area (Å²) in [6.07, 6.45) is 1.35. The van der Waals surface area contributed by atoms with Crippen LogP contribution in [0.4, 0.5) is 14.6 Å². The molecule has 0 amide bonds. The number of ether oxygens (including phenoxy) is 3. The van der Waals surface area contributed by atoms with Crippen LogP contribution in [0, 0.1) is 11.6 Å². The second kappa shape index (κ2) is 10.3. The molecule has 4 rings (SSSR count). The van der Waals surface area contributed by atoms with Crippen LogP contribution in [0.3, 0.4) is 0 Å². The van der Waals surface area contributed by atoms with E-state index < -0.39 is 23.3 Å². The van der Waals surface area contributed by atoms with Crippen molar-refractivity contribution < 1.29 is 27.8 Å². The number of hydrogen-bond donors (Lipinski definition) is 1. The normalized spacial score (nSPS) is 11.1. The molecule has 10 nitrogen and oxygen atoms in total. The molecular weight excluding hydrogens is 496 g/mol. The number of hydrogen-bond acceptors (Lipinski definition) is 9. The minimum absolute atomic E-state index is 0.0268. The van der Waals surface area contributed by atoms with Gasteiger partial charge in [-0.15, -0.1) is 11.3 Å². The van der Waals surface area contributed by atoms with E-state index in [0.717, 1.165) is 10.6 Å². The van der Waals surface area contributed by atoms with E-state index >= 15 is 0 Å². The predicted molar refractivity (Wildman–Crippen MR) is 130 cm³/mol. The number of anilines is 1. The highest BCUT2D eigenvalue weighted by Crippen LogP contribution is 2.36. The number of rotatable bonds is 9. The Morgan fingerprint density at radius 2 is 1.92 bits per heavy atom. The molecule has 0 aliphatic heterocycles. The Labute approximate surface area is 208 Å². The summed E-state index contributed by atoms with van der Waals surface area (Å²) >= 11 is 1.17. The molecule has 3 aromatic heterocycles. The number of halogens is 2. The first kappa shape index (κ1) is 25.1. The van der Waals surface area contributed by atoms with Crippen LogP contribution in [0.5, 0.6) is 11.5 Å². The second-order valence-electron chi connectivity index (χ2n) is 7.51. The van der Waals surface area contributed by atoms with Crippen LogP contribution >= 0.6 is 11.3 Å². The van der Waals surface area contributed by atoms with Gasteiger partial charge in [0.25, 0.3) is 0 Å². The van der Waals surface area contributed by atoms with Crippen molar-refractivity contribution in [3.05, 3.63) is 51.5 Å². The first-order valence-electron chi connectivity index (χ1n) is 10.8. The summed E-state index contributed by atoms with van der Waals surface area (Å²) in [6, 6.07) is 4.28. The summed E-state index contributed by atoms with van der Waals surface area (Å²) in [7, 11) is 4.08. The van der Waals surface area contributed by atoms with Crippen molar-refractivity contribution in [1.29, 1.82) is 0 Å². The van der Waals surface area contributed by atoms with Gasteiger partial charge in [-0.1, -0.05) is 0 Å². The van der Waals surface area contributed by atoms with E-state index in [1.54, 1.807) is 12.1 Å². The lowest BCUT2D eigenvalue weighted by atomic mass is 10.2. The fraction of sp³-hybridized carbons (Fsp3) is 0.304. The molecule has 0 radical (unpaired) electrons. The number of aryl methyl sites for hydroxylation is 1. The Morgan fingerprint density at radius 3 is 2.61 bits per heavy atom. The minimum atomic E-state index is -1.13. The Morgan fingerprint density at radius 1 is 1.14 bits per heavy atom. The van der Waals surface area contributed by atoms with Gasteiger partial charge in [0.15, 0.2) is 16.5 Å².